The molecule has 0 aromatic carbocycles. The molecule has 12 heavy (non-hydrogen) atoms. The molecule has 0 aliphatic carbocycles. The second-order valence-corrected chi connectivity index (χ2v) is 4.88. The Morgan fingerprint density at radius 1 is 1.42 bits per heavy atom. The predicted molar refractivity (Wildman–Crippen MR) is 49.6 cm³/mol. The third kappa shape index (κ3) is 3.45. The first-order valence-corrected chi connectivity index (χ1v) is 5.74. The van der Waals surface area contributed by atoms with Gasteiger partial charge in [-0.3, -0.25) is 13.9 Å². The molecule has 1 unspecified atom stereocenters. The summed E-state index contributed by atoms with van der Waals surface area (Å²) in [5, 5.41) is 0. The van der Waals surface area contributed by atoms with Crippen molar-refractivity contribution in [3.05, 3.63) is 0 Å². The molecule has 1 atom stereocenters. The van der Waals surface area contributed by atoms with Crippen LogP contribution in [-0.4, -0.2) is 46.0 Å². The maximum atomic E-state index is 11.1. The summed E-state index contributed by atoms with van der Waals surface area (Å²) in [4.78, 5) is 12.9. The van der Waals surface area contributed by atoms with Crippen LogP contribution in [0.2, 0.25) is 0 Å². The van der Waals surface area contributed by atoms with E-state index in [9.17, 15) is 9.00 Å². The summed E-state index contributed by atoms with van der Waals surface area (Å²) in [5.74, 6) is 1.73. The van der Waals surface area contributed by atoms with Crippen molar-refractivity contribution in [1.29, 1.82) is 0 Å². The van der Waals surface area contributed by atoms with Gasteiger partial charge in [-0.2, -0.15) is 0 Å². The van der Waals surface area contributed by atoms with Crippen LogP contribution in [0.1, 0.15) is 13.3 Å². The molecule has 70 valence electrons. The molecular weight excluding hydrogens is 174 g/mol. The van der Waals surface area contributed by atoms with E-state index in [0.29, 0.717) is 6.54 Å². The van der Waals surface area contributed by atoms with Crippen molar-refractivity contribution in [1.82, 2.24) is 4.90 Å². The van der Waals surface area contributed by atoms with Gasteiger partial charge >= 0.3 is 0 Å². The zero-order chi connectivity index (χ0) is 8.97. The number of ketones is 1. The number of carbonyl (C=O) groups is 1. The van der Waals surface area contributed by atoms with E-state index in [2.05, 4.69) is 4.90 Å². The van der Waals surface area contributed by atoms with Crippen LogP contribution in [0.25, 0.3) is 0 Å². The third-order valence-corrected chi connectivity index (χ3v) is 3.31. The Kier molecular flexibility index (Phi) is 3.88. The molecule has 0 N–H and O–H groups in total. The van der Waals surface area contributed by atoms with Crippen LogP contribution in [0.5, 0.6) is 0 Å². The molecule has 1 saturated heterocycles. The molecule has 4 heteroatoms. The van der Waals surface area contributed by atoms with Crippen molar-refractivity contribution in [3.8, 4) is 0 Å². The van der Waals surface area contributed by atoms with Gasteiger partial charge in [0, 0.05) is 28.9 Å². The molecule has 0 spiro atoms. The third-order valence-electron chi connectivity index (χ3n) is 1.93. The summed E-state index contributed by atoms with van der Waals surface area (Å²) in [6.45, 7) is 3.86. The van der Waals surface area contributed by atoms with Gasteiger partial charge in [0.2, 0.25) is 0 Å². The van der Waals surface area contributed by atoms with Crippen molar-refractivity contribution in [3.63, 3.8) is 0 Å². The summed E-state index contributed by atoms with van der Waals surface area (Å²) in [6, 6.07) is 0. The van der Waals surface area contributed by atoms with Gasteiger partial charge in [0.05, 0.1) is 6.54 Å². The number of carbonyl (C=O) groups excluding carboxylic acids is 1. The van der Waals surface area contributed by atoms with Crippen molar-refractivity contribution >= 4 is 16.6 Å². The fourth-order valence-electron chi connectivity index (χ4n) is 1.37. The minimum Gasteiger partial charge on any atom is -0.299 e. The minimum absolute atomic E-state index is 0.197. The van der Waals surface area contributed by atoms with Crippen LogP contribution < -0.4 is 0 Å². The zero-order valence-electron chi connectivity index (χ0n) is 7.41. The van der Waals surface area contributed by atoms with Gasteiger partial charge in [-0.1, -0.05) is 0 Å². The van der Waals surface area contributed by atoms with E-state index in [0.717, 1.165) is 31.0 Å². The van der Waals surface area contributed by atoms with Gasteiger partial charge in [-0.05, 0) is 19.9 Å². The van der Waals surface area contributed by atoms with E-state index >= 15 is 0 Å². The average Bonchev–Trinajstić information content (AvgIpc) is 2.15. The smallest absolute Gasteiger partial charge is 0.143 e. The molecule has 3 nitrogen and oxygen atoms in total. The number of hydrogen-bond donors (Lipinski definition) is 0. The summed E-state index contributed by atoms with van der Waals surface area (Å²) in [6.07, 6.45) is 0.958. The molecular formula is C8H15NO2S. The Morgan fingerprint density at radius 2 is 2.17 bits per heavy atom. The molecule has 0 aromatic heterocycles. The summed E-state index contributed by atoms with van der Waals surface area (Å²) in [5.41, 5.74) is 0. The van der Waals surface area contributed by atoms with Gasteiger partial charge < -0.3 is 0 Å². The van der Waals surface area contributed by atoms with Gasteiger partial charge in [0.15, 0.2) is 0 Å². The lowest BCUT2D eigenvalue weighted by atomic mass is 10.3. The number of Topliss-reactive ketones (excluding diaryl/α,β-unsaturated/α-hetero) is 1. The molecule has 1 heterocycles. The van der Waals surface area contributed by atoms with Crippen LogP contribution in [0, 0.1) is 0 Å². The van der Waals surface area contributed by atoms with Gasteiger partial charge in [-0.15, -0.1) is 0 Å². The highest BCUT2D eigenvalue weighted by Crippen LogP contribution is 2.01. The highest BCUT2D eigenvalue weighted by atomic mass is 32.2. The van der Waals surface area contributed by atoms with E-state index < -0.39 is 10.8 Å². The molecule has 0 saturated carbocycles. The average molecular weight is 189 g/mol. The lowest BCUT2D eigenvalue weighted by Crippen LogP contribution is -2.31. The first-order valence-electron chi connectivity index (χ1n) is 4.25. The molecule has 0 aromatic rings. The molecule has 0 amide bonds. The number of rotatable bonds is 2. The summed E-state index contributed by atoms with van der Waals surface area (Å²) < 4.78 is 11.1. The Balaban J connectivity index is 2.35. The molecule has 1 fully saturated rings. The maximum Gasteiger partial charge on any atom is 0.143 e. The SMILES string of the molecule is CC(=O)CN1CCCS(=O)CC1. The Bertz CT molecular complexity index is 193. The first-order chi connectivity index (χ1) is 5.68. The van der Waals surface area contributed by atoms with E-state index in [-0.39, 0.29) is 5.78 Å². The normalized spacial score (nSPS) is 26.6. The zero-order valence-corrected chi connectivity index (χ0v) is 8.23. The summed E-state index contributed by atoms with van der Waals surface area (Å²) >= 11 is 0. The van der Waals surface area contributed by atoms with Crippen molar-refractivity contribution < 1.29 is 9.00 Å². The second-order valence-electron chi connectivity index (χ2n) is 3.18. The fourth-order valence-corrected chi connectivity index (χ4v) is 2.48. The van der Waals surface area contributed by atoms with Crippen LogP contribution in [0.3, 0.4) is 0 Å². The largest absolute Gasteiger partial charge is 0.299 e. The van der Waals surface area contributed by atoms with E-state index in [1.807, 2.05) is 0 Å². The lowest BCUT2D eigenvalue weighted by molar-refractivity contribution is -0.118. The van der Waals surface area contributed by atoms with Gasteiger partial charge in [0.1, 0.15) is 5.78 Å². The highest BCUT2D eigenvalue weighted by molar-refractivity contribution is 7.85. The van der Waals surface area contributed by atoms with Crippen LogP contribution >= 0.6 is 0 Å². The van der Waals surface area contributed by atoms with E-state index in [1.165, 1.54) is 0 Å². The molecule has 0 radical (unpaired) electrons. The summed E-state index contributed by atoms with van der Waals surface area (Å²) in [7, 11) is -0.646. The molecule has 0 bridgehead atoms. The topological polar surface area (TPSA) is 37.4 Å². The van der Waals surface area contributed by atoms with Crippen LogP contribution in [0.4, 0.5) is 0 Å². The predicted octanol–water partition coefficient (Wildman–Crippen LogP) is 0.0298. The van der Waals surface area contributed by atoms with Crippen LogP contribution in [0.15, 0.2) is 0 Å². The van der Waals surface area contributed by atoms with Crippen LogP contribution in [-0.2, 0) is 15.6 Å². The quantitative estimate of drug-likeness (QED) is 0.615. The number of nitrogens with zero attached hydrogens (tertiary/aromatic N) is 1. The Hall–Kier alpha value is -0.220. The van der Waals surface area contributed by atoms with Crippen molar-refractivity contribution in [2.24, 2.45) is 0 Å². The van der Waals surface area contributed by atoms with Gasteiger partial charge in [0.25, 0.3) is 0 Å². The molecule has 1 aliphatic rings. The minimum atomic E-state index is -0.646. The standard InChI is InChI=1S/C8H15NO2S/c1-8(10)7-9-3-2-5-12(11)6-4-9/h2-7H2,1H3. The monoisotopic (exact) mass is 189 g/mol. The molecule has 1 rings (SSSR count). The van der Waals surface area contributed by atoms with E-state index in [4.69, 9.17) is 0 Å². The Labute approximate surface area is 75.6 Å². The highest BCUT2D eigenvalue weighted by Gasteiger charge is 2.13. The van der Waals surface area contributed by atoms with Gasteiger partial charge in [-0.25, -0.2) is 0 Å². The molecule has 1 aliphatic heterocycles. The lowest BCUT2D eigenvalue weighted by Gasteiger charge is -2.16. The van der Waals surface area contributed by atoms with E-state index in [1.54, 1.807) is 6.92 Å². The Morgan fingerprint density at radius 3 is 2.83 bits per heavy atom. The second kappa shape index (κ2) is 4.72. The maximum absolute atomic E-state index is 11.1. The fraction of sp³-hybridized carbons (Fsp3) is 0.875. The number of hydrogen-bond acceptors (Lipinski definition) is 3. The van der Waals surface area contributed by atoms with Crippen molar-refractivity contribution in [2.75, 3.05) is 31.1 Å². The first kappa shape index (κ1) is 9.86. The van der Waals surface area contributed by atoms with Crippen molar-refractivity contribution in [2.45, 2.75) is 13.3 Å².